The highest BCUT2D eigenvalue weighted by Crippen LogP contribution is 2.66. The maximum absolute atomic E-state index is 16.0. The van der Waals surface area contributed by atoms with Crippen molar-refractivity contribution in [1.82, 2.24) is 19.5 Å². The van der Waals surface area contributed by atoms with Crippen molar-refractivity contribution in [1.29, 1.82) is 0 Å². The smallest absolute Gasteiger partial charge is 0.386 e. The van der Waals surface area contributed by atoms with Gasteiger partial charge in [-0.1, -0.05) is 11.8 Å². The van der Waals surface area contributed by atoms with Crippen LogP contribution in [0.2, 0.25) is 0 Å². The Hall–Kier alpha value is -2.10. The number of aliphatic hydroxyl groups is 1. The predicted molar refractivity (Wildman–Crippen MR) is 114 cm³/mol. The number of nitrogens with one attached hydrogen (secondary N) is 1. The third kappa shape index (κ3) is 6.49. The number of alkyl halides is 2. The van der Waals surface area contributed by atoms with Gasteiger partial charge in [-0.2, -0.15) is 13.6 Å². The van der Waals surface area contributed by atoms with Gasteiger partial charge in [0.2, 0.25) is 11.6 Å². The number of phosphoric ester groups is 1. The second-order valence-electron chi connectivity index (χ2n) is 7.28. The third-order valence-electron chi connectivity index (χ3n) is 4.62. The molecule has 23 heteroatoms. The molecule has 206 valence electrons. The SMILES string of the molecule is C[C@H](OP(=O)(O)OP(=O)(O)OP(=O)(O)O)[C@H]1O[C@@H](n2cnc3c(=O)[nH]c(N)nc32)C(F)(C#CCF)[C@H]1O. The van der Waals surface area contributed by atoms with Crippen LogP contribution >= 0.6 is 23.5 Å². The normalized spacial score (nSPS) is 28.3. The number of nitrogens with zero attached hydrogens (tertiary/aromatic N) is 3. The van der Waals surface area contributed by atoms with E-state index in [0.29, 0.717) is 0 Å². The average molecular weight is 595 g/mol. The highest BCUT2D eigenvalue weighted by molar-refractivity contribution is 7.66. The maximum Gasteiger partial charge on any atom is 0.490 e. The third-order valence-corrected chi connectivity index (χ3v) is 8.54. The van der Waals surface area contributed by atoms with Crippen LogP contribution < -0.4 is 11.3 Å². The molecule has 1 aliphatic heterocycles. The van der Waals surface area contributed by atoms with Crippen LogP contribution in [0.15, 0.2) is 11.1 Å². The van der Waals surface area contributed by atoms with Gasteiger partial charge in [0.1, 0.15) is 18.9 Å². The molecule has 3 unspecified atom stereocenters. The molecule has 0 bridgehead atoms. The van der Waals surface area contributed by atoms with Crippen molar-refractivity contribution in [2.24, 2.45) is 0 Å². The lowest BCUT2D eigenvalue weighted by Crippen LogP contribution is -2.44. The number of imidazole rings is 1. The van der Waals surface area contributed by atoms with Gasteiger partial charge in [0.15, 0.2) is 17.4 Å². The van der Waals surface area contributed by atoms with Crippen molar-refractivity contribution in [3.63, 3.8) is 0 Å². The summed E-state index contributed by atoms with van der Waals surface area (Å²) in [4.78, 5) is 57.9. The van der Waals surface area contributed by atoms with Crippen molar-refractivity contribution in [3.05, 3.63) is 16.7 Å². The van der Waals surface area contributed by atoms with Crippen molar-refractivity contribution < 1.29 is 65.0 Å². The van der Waals surface area contributed by atoms with E-state index in [4.69, 9.17) is 20.3 Å². The van der Waals surface area contributed by atoms with E-state index in [1.165, 1.54) is 0 Å². The van der Waals surface area contributed by atoms with E-state index in [0.717, 1.165) is 17.8 Å². The summed E-state index contributed by atoms with van der Waals surface area (Å²) in [6.45, 7) is -0.451. The molecule has 3 rings (SSSR count). The lowest BCUT2D eigenvalue weighted by molar-refractivity contribution is -0.0754. The van der Waals surface area contributed by atoms with Crippen LogP contribution in [0, 0.1) is 11.8 Å². The number of aliphatic hydroxyl groups excluding tert-OH is 1. The standard InChI is InChI=1S/C14H18F2N5O13P3/c1-6(32-36(27,28)34-37(29,30)33-35(24,25)26)8-9(22)14(16,3-2-4-15)12(31-8)21-5-18-7-10(21)19-13(17)20-11(7)23/h5-6,8-9,12,22H,4H2,1H3,(H,27,28)(H,29,30)(H2,24,25,26)(H3,17,19,20,23)/t6-,8+,9-,12+,14?/m0/s1. The topological polar surface area (TPSA) is 279 Å². The van der Waals surface area contributed by atoms with E-state index < -0.39 is 71.9 Å². The molecule has 1 fully saturated rings. The summed E-state index contributed by atoms with van der Waals surface area (Å²) < 4.78 is 81.1. The van der Waals surface area contributed by atoms with Gasteiger partial charge in [-0.05, 0) is 6.92 Å². The molecule has 0 aliphatic carbocycles. The lowest BCUT2D eigenvalue weighted by atomic mass is 9.94. The molecular weight excluding hydrogens is 577 g/mol. The van der Waals surface area contributed by atoms with E-state index in [2.05, 4.69) is 28.1 Å². The van der Waals surface area contributed by atoms with Crippen molar-refractivity contribution >= 4 is 40.6 Å². The number of rotatable bonds is 8. The molecule has 18 nitrogen and oxygen atoms in total. The van der Waals surface area contributed by atoms with Crippen molar-refractivity contribution in [2.75, 3.05) is 12.4 Å². The number of H-pyrrole nitrogens is 1. The lowest BCUT2D eigenvalue weighted by Gasteiger charge is -2.25. The average Bonchev–Trinajstić information content (AvgIpc) is 3.23. The molecule has 7 atom stereocenters. The van der Waals surface area contributed by atoms with E-state index in [-0.39, 0.29) is 11.2 Å². The summed E-state index contributed by atoms with van der Waals surface area (Å²) in [5, 5.41) is 10.6. The monoisotopic (exact) mass is 595 g/mol. The highest BCUT2D eigenvalue weighted by Gasteiger charge is 2.60. The molecule has 37 heavy (non-hydrogen) atoms. The minimum atomic E-state index is -5.88. The van der Waals surface area contributed by atoms with Gasteiger partial charge in [-0.3, -0.25) is 18.9 Å². The van der Waals surface area contributed by atoms with E-state index in [1.807, 2.05) is 5.92 Å². The number of halogens is 2. The van der Waals surface area contributed by atoms with E-state index >= 15 is 4.39 Å². The number of nitrogen functional groups attached to an aromatic ring is 1. The Morgan fingerprint density at radius 1 is 1.30 bits per heavy atom. The van der Waals surface area contributed by atoms with Crippen LogP contribution in [0.4, 0.5) is 14.7 Å². The first-order valence-electron chi connectivity index (χ1n) is 9.52. The van der Waals surface area contributed by atoms with Crippen LogP contribution in [0.5, 0.6) is 0 Å². The Labute approximate surface area is 203 Å². The van der Waals surface area contributed by atoms with Gasteiger partial charge in [-0.15, -0.1) is 0 Å². The summed E-state index contributed by atoms with van der Waals surface area (Å²) in [7, 11) is -17.3. The highest BCUT2D eigenvalue weighted by atomic mass is 31.3. The molecule has 0 spiro atoms. The first-order chi connectivity index (χ1) is 16.9. The molecule has 1 aliphatic rings. The van der Waals surface area contributed by atoms with Crippen LogP contribution in [0.25, 0.3) is 11.2 Å². The van der Waals surface area contributed by atoms with Gasteiger partial charge in [0, 0.05) is 0 Å². The Morgan fingerprint density at radius 2 is 1.95 bits per heavy atom. The number of fused-ring (bicyclic) bond motifs is 1. The zero-order chi connectivity index (χ0) is 28.0. The Kier molecular flexibility index (Phi) is 8.14. The zero-order valence-corrected chi connectivity index (χ0v) is 20.8. The number of anilines is 1. The second-order valence-corrected chi connectivity index (χ2v) is 11.7. The van der Waals surface area contributed by atoms with E-state index in [1.54, 1.807) is 5.92 Å². The summed E-state index contributed by atoms with van der Waals surface area (Å²) in [5.74, 6) is 3.20. The van der Waals surface area contributed by atoms with Gasteiger partial charge in [0.25, 0.3) is 5.56 Å². The fourth-order valence-corrected chi connectivity index (χ4v) is 6.53. The fourth-order valence-electron chi connectivity index (χ4n) is 3.33. The summed E-state index contributed by atoms with van der Waals surface area (Å²) >= 11 is 0. The molecule has 1 saturated heterocycles. The number of aromatic nitrogens is 4. The predicted octanol–water partition coefficient (Wildman–Crippen LogP) is -0.627. The maximum atomic E-state index is 16.0. The number of hydrogen-bond donors (Lipinski definition) is 7. The van der Waals surface area contributed by atoms with Gasteiger partial charge in [0.05, 0.1) is 12.4 Å². The Bertz CT molecular complexity index is 1450. The molecule has 0 radical (unpaired) electrons. The fraction of sp³-hybridized carbons (Fsp3) is 0.500. The zero-order valence-electron chi connectivity index (χ0n) is 18.1. The summed E-state index contributed by atoms with van der Waals surface area (Å²) in [6, 6.07) is 0. The van der Waals surface area contributed by atoms with Gasteiger partial charge in [-0.25, -0.2) is 27.5 Å². The number of hydrogen-bond acceptors (Lipinski definition) is 12. The molecule has 2 aromatic rings. The summed E-state index contributed by atoms with van der Waals surface area (Å²) in [6.07, 6.45) is -7.35. The molecule has 0 amide bonds. The van der Waals surface area contributed by atoms with Crippen LogP contribution in [-0.4, -0.2) is 74.9 Å². The minimum Gasteiger partial charge on any atom is -0.386 e. The number of phosphoric acid groups is 3. The molecule has 8 N–H and O–H groups in total. The summed E-state index contributed by atoms with van der Waals surface area (Å²) in [5.41, 5.74) is 0.811. The molecule has 0 saturated carbocycles. The Balaban J connectivity index is 1.95. The van der Waals surface area contributed by atoms with Crippen LogP contribution in [0.1, 0.15) is 13.2 Å². The molecule has 3 heterocycles. The van der Waals surface area contributed by atoms with Crippen molar-refractivity contribution in [3.8, 4) is 11.8 Å². The quantitative estimate of drug-likeness (QED) is 0.148. The van der Waals surface area contributed by atoms with E-state index in [9.17, 15) is 37.8 Å². The van der Waals surface area contributed by atoms with Gasteiger partial charge < -0.3 is 35.2 Å². The largest absolute Gasteiger partial charge is 0.490 e. The number of ether oxygens (including phenoxy) is 1. The van der Waals surface area contributed by atoms with Crippen LogP contribution in [-0.2, 0) is 31.6 Å². The van der Waals surface area contributed by atoms with Crippen LogP contribution in [0.3, 0.4) is 0 Å². The number of aromatic amines is 1. The van der Waals surface area contributed by atoms with Crippen molar-refractivity contribution in [2.45, 2.75) is 37.1 Å². The minimum absolute atomic E-state index is 0.335. The number of nitrogens with two attached hydrogens (primary N) is 1. The van der Waals surface area contributed by atoms with Gasteiger partial charge >= 0.3 is 23.5 Å². The first-order valence-corrected chi connectivity index (χ1v) is 14.0. The second kappa shape index (κ2) is 10.2. The first kappa shape index (κ1) is 29.5. The molecule has 0 aromatic carbocycles. The molecular formula is C14H18F2N5O13P3. The Morgan fingerprint density at radius 3 is 2.54 bits per heavy atom. The molecule has 2 aromatic heterocycles.